The standard InChI is InChI=1S/C29H21F15O2S/c1-16-14-17(2)21(18(3)15-16)47(19-10-6-4-7-11-19,20-12-8-5-9-13-20)46-22(45)23(30,31)24(32,33)25(34,35)26(36,37)27(38,39)28(40,41)29(42,43)44/h4-15H,1-3H3/p+1. The molecule has 0 spiro atoms. The zero-order valence-corrected chi connectivity index (χ0v) is 24.7. The van der Waals surface area contributed by atoms with Crippen molar-refractivity contribution in [3.63, 3.8) is 0 Å². The first kappa shape index (κ1) is 37.9. The minimum Gasteiger partial charge on any atom is -0.333 e. The van der Waals surface area contributed by atoms with Gasteiger partial charge in [-0.1, -0.05) is 54.1 Å². The zero-order valence-electron chi connectivity index (χ0n) is 23.9. The van der Waals surface area contributed by atoms with Crippen molar-refractivity contribution in [1.29, 1.82) is 0 Å². The third kappa shape index (κ3) is 5.59. The summed E-state index contributed by atoms with van der Waals surface area (Å²) in [5, 5.41) is 0. The van der Waals surface area contributed by atoms with Gasteiger partial charge in [0.15, 0.2) is 0 Å². The van der Waals surface area contributed by atoms with Crippen molar-refractivity contribution in [2.45, 2.75) is 77.2 Å². The second-order valence-electron chi connectivity index (χ2n) is 10.2. The lowest BCUT2D eigenvalue weighted by atomic mass is 9.91. The van der Waals surface area contributed by atoms with Crippen molar-refractivity contribution < 1.29 is 74.8 Å². The molecule has 0 aliphatic rings. The maximum absolute atomic E-state index is 15.3. The van der Waals surface area contributed by atoms with Gasteiger partial charge in [0, 0.05) is 0 Å². The predicted octanol–water partition coefficient (Wildman–Crippen LogP) is 10.7. The largest absolute Gasteiger partial charge is 0.576 e. The van der Waals surface area contributed by atoms with Gasteiger partial charge in [-0.15, -0.1) is 0 Å². The van der Waals surface area contributed by atoms with Crippen LogP contribution < -0.4 is 0 Å². The Balaban J connectivity index is 2.32. The van der Waals surface area contributed by atoms with Crippen LogP contribution in [0.4, 0.5) is 65.9 Å². The molecule has 0 unspecified atom stereocenters. The summed E-state index contributed by atoms with van der Waals surface area (Å²) in [4.78, 5) is 9.88. The van der Waals surface area contributed by atoms with Gasteiger partial charge < -0.3 is 4.79 Å². The van der Waals surface area contributed by atoms with Gasteiger partial charge in [0.25, 0.3) is 0 Å². The summed E-state index contributed by atoms with van der Waals surface area (Å²) in [5.74, 6) is -52.1. The molecule has 0 radical (unpaired) electrons. The van der Waals surface area contributed by atoms with E-state index in [1.54, 1.807) is 6.92 Å². The molecule has 1 N–H and O–H groups in total. The summed E-state index contributed by atoms with van der Waals surface area (Å²) in [6.45, 7) is 4.35. The lowest BCUT2D eigenvalue weighted by Gasteiger charge is -2.41. The van der Waals surface area contributed by atoms with Crippen LogP contribution in [-0.4, -0.2) is 52.5 Å². The molecule has 3 aromatic rings. The quantitative estimate of drug-likeness (QED) is 0.152. The van der Waals surface area contributed by atoms with Crippen LogP contribution in [0.3, 0.4) is 0 Å². The van der Waals surface area contributed by atoms with Gasteiger partial charge >= 0.3 is 47.7 Å². The number of benzene rings is 3. The highest BCUT2D eigenvalue weighted by Crippen LogP contribution is 2.72. The molecule has 0 atom stereocenters. The lowest BCUT2D eigenvalue weighted by Crippen LogP contribution is -2.73. The van der Waals surface area contributed by atoms with Crippen LogP contribution in [0.5, 0.6) is 0 Å². The summed E-state index contributed by atoms with van der Waals surface area (Å²) in [7, 11) is -4.06. The Kier molecular flexibility index (Phi) is 9.54. The number of hydrogen-bond donors (Lipinski definition) is 0. The first-order valence-corrected chi connectivity index (χ1v) is 14.3. The Morgan fingerprint density at radius 1 is 0.532 bits per heavy atom. The highest BCUT2D eigenvalue weighted by molar-refractivity contribution is 8.30. The number of rotatable bonds is 10. The molecule has 2 nitrogen and oxygen atoms in total. The van der Waals surface area contributed by atoms with Gasteiger partial charge in [-0.25, -0.2) is 4.18 Å². The highest BCUT2D eigenvalue weighted by Gasteiger charge is 2.95. The summed E-state index contributed by atoms with van der Waals surface area (Å²) >= 11 is 0. The van der Waals surface area contributed by atoms with Crippen LogP contribution in [0.1, 0.15) is 16.7 Å². The average Bonchev–Trinajstić information content (AvgIpc) is 2.95. The monoisotopic (exact) mass is 719 g/mol. The summed E-state index contributed by atoms with van der Waals surface area (Å²) in [5.41, 5.74) is 0.916. The Labute approximate surface area is 258 Å². The molecule has 18 heteroatoms. The third-order valence-electron chi connectivity index (χ3n) is 6.84. The number of hydrogen-bond acceptors (Lipinski definition) is 1. The van der Waals surface area contributed by atoms with Crippen molar-refractivity contribution >= 4 is 16.3 Å². The Bertz CT molecular complexity index is 1540. The van der Waals surface area contributed by atoms with Crippen molar-refractivity contribution in [2.75, 3.05) is 0 Å². The first-order valence-electron chi connectivity index (χ1n) is 12.8. The minimum absolute atomic E-state index is 0.111. The van der Waals surface area contributed by atoms with Gasteiger partial charge in [0.2, 0.25) is 0 Å². The van der Waals surface area contributed by atoms with Crippen LogP contribution in [0.2, 0.25) is 0 Å². The lowest BCUT2D eigenvalue weighted by molar-refractivity contribution is -0.449. The fourth-order valence-corrected chi connectivity index (χ4v) is 8.09. The van der Waals surface area contributed by atoms with Crippen LogP contribution in [0.15, 0.2) is 87.5 Å². The molecule has 47 heavy (non-hydrogen) atoms. The molecule has 0 saturated carbocycles. The average molecular weight is 720 g/mol. The van der Waals surface area contributed by atoms with E-state index in [-0.39, 0.29) is 25.8 Å². The molecule has 0 heterocycles. The van der Waals surface area contributed by atoms with Crippen LogP contribution >= 0.6 is 10.3 Å². The topological polar surface area (TPSA) is 30.6 Å². The van der Waals surface area contributed by atoms with Gasteiger partial charge in [0.05, 0.1) is 25.0 Å². The second-order valence-corrected chi connectivity index (χ2v) is 12.9. The minimum atomic E-state index is -8.51. The first-order chi connectivity index (χ1) is 21.2. The van der Waals surface area contributed by atoms with Crippen LogP contribution in [0, 0.1) is 20.8 Å². The summed E-state index contributed by atoms with van der Waals surface area (Å²) in [6.07, 6.45) is -7.73. The molecular formula is C29H22F15O2S+. The van der Waals surface area contributed by atoms with E-state index in [0.717, 1.165) is 0 Å². The van der Waals surface area contributed by atoms with E-state index in [1.807, 2.05) is 0 Å². The number of aryl methyl sites for hydroxylation is 3. The molecule has 260 valence electrons. The summed E-state index contributed by atoms with van der Waals surface area (Å²) in [6, 6.07) is 15.5. The van der Waals surface area contributed by atoms with E-state index in [1.165, 1.54) is 86.6 Å². The van der Waals surface area contributed by atoms with Crippen LogP contribution in [0.25, 0.3) is 0 Å². The Morgan fingerprint density at radius 2 is 0.872 bits per heavy atom. The predicted molar refractivity (Wildman–Crippen MR) is 140 cm³/mol. The molecule has 3 aromatic carbocycles. The number of carbonyl (C=O) groups excluding carboxylic acids is 1. The second kappa shape index (κ2) is 11.8. The van der Waals surface area contributed by atoms with Crippen molar-refractivity contribution in [3.8, 4) is 0 Å². The maximum atomic E-state index is 15.3. The SMILES string of the molecule is Cc1cc(C)c(S(OC(=[OH+])C(F)(F)C(F)(F)C(F)(F)C(F)(F)C(F)(F)C(F)(F)C(F)(F)F)(c2ccccc2)c2ccccc2)c(C)c1. The Morgan fingerprint density at radius 3 is 1.23 bits per heavy atom. The van der Waals surface area contributed by atoms with E-state index < -0.39 is 58.0 Å². The Hall–Kier alpha value is -3.57. The molecule has 0 aliphatic heterocycles. The number of halogens is 15. The molecule has 0 saturated heterocycles. The van der Waals surface area contributed by atoms with Crippen molar-refractivity contribution in [2.24, 2.45) is 0 Å². The highest BCUT2D eigenvalue weighted by atomic mass is 32.3. The summed E-state index contributed by atoms with van der Waals surface area (Å²) < 4.78 is 214. The van der Waals surface area contributed by atoms with Crippen molar-refractivity contribution in [3.05, 3.63) is 89.5 Å². The van der Waals surface area contributed by atoms with E-state index >= 15 is 8.78 Å². The van der Waals surface area contributed by atoms with E-state index in [9.17, 15) is 61.9 Å². The molecule has 0 amide bonds. The van der Waals surface area contributed by atoms with Gasteiger partial charge in [-0.3, -0.25) is 0 Å². The van der Waals surface area contributed by atoms with E-state index in [2.05, 4.69) is 0 Å². The third-order valence-corrected chi connectivity index (χ3v) is 10.3. The van der Waals surface area contributed by atoms with E-state index in [4.69, 9.17) is 4.18 Å². The fourth-order valence-electron chi connectivity index (χ4n) is 4.63. The normalized spacial score (nSPS) is 14.6. The molecule has 3 rings (SSSR count). The zero-order chi connectivity index (χ0) is 36.2. The van der Waals surface area contributed by atoms with Crippen molar-refractivity contribution in [1.82, 2.24) is 0 Å². The molecule has 0 aromatic heterocycles. The maximum Gasteiger partial charge on any atom is 0.576 e. The number of alkyl halides is 15. The van der Waals surface area contributed by atoms with Gasteiger partial charge in [-0.05, 0) is 56.2 Å². The van der Waals surface area contributed by atoms with Crippen LogP contribution in [-0.2, 0) is 4.18 Å². The van der Waals surface area contributed by atoms with E-state index in [0.29, 0.717) is 5.56 Å². The molecule has 0 aliphatic carbocycles. The van der Waals surface area contributed by atoms with Gasteiger partial charge in [0.1, 0.15) is 0 Å². The fraction of sp³-hybridized carbons (Fsp3) is 0.345. The smallest absolute Gasteiger partial charge is 0.333 e. The van der Waals surface area contributed by atoms with Gasteiger partial charge in [-0.2, -0.15) is 65.9 Å². The molecule has 0 bridgehead atoms. The molecular weight excluding hydrogens is 697 g/mol. The molecule has 0 fully saturated rings.